The highest BCUT2D eigenvalue weighted by atomic mass is 19.4. The lowest BCUT2D eigenvalue weighted by Gasteiger charge is -2.16. The van der Waals surface area contributed by atoms with Gasteiger partial charge < -0.3 is 10.1 Å². The number of hydrogen-bond donors (Lipinski definition) is 1. The summed E-state index contributed by atoms with van der Waals surface area (Å²) in [4.78, 5) is 7.31. The molecule has 1 aromatic heterocycles. The molecule has 0 saturated heterocycles. The van der Waals surface area contributed by atoms with Crippen LogP contribution >= 0.6 is 0 Å². The molecule has 1 N–H and O–H groups in total. The molecule has 1 heterocycles. The van der Waals surface area contributed by atoms with Crippen molar-refractivity contribution < 1.29 is 17.9 Å². The molecule has 7 heteroatoms. The molecule has 0 aliphatic rings. The molecule has 22 heavy (non-hydrogen) atoms. The van der Waals surface area contributed by atoms with Gasteiger partial charge >= 0.3 is 6.18 Å². The smallest absolute Gasteiger partial charge is 0.433 e. The molecular weight excluding hydrogens is 295 g/mol. The van der Waals surface area contributed by atoms with E-state index in [1.165, 1.54) is 0 Å². The second-order valence-corrected chi connectivity index (χ2v) is 4.63. The topological polar surface area (TPSA) is 47.0 Å². The number of rotatable bonds is 5. The first-order valence-corrected chi connectivity index (χ1v) is 6.79. The van der Waals surface area contributed by atoms with E-state index in [2.05, 4.69) is 15.3 Å². The van der Waals surface area contributed by atoms with Crippen LogP contribution in [0, 0.1) is 0 Å². The van der Waals surface area contributed by atoms with Gasteiger partial charge in [-0.25, -0.2) is 9.97 Å². The van der Waals surface area contributed by atoms with Gasteiger partial charge in [-0.15, -0.1) is 0 Å². The van der Waals surface area contributed by atoms with Crippen LogP contribution < -0.4 is 10.1 Å². The van der Waals surface area contributed by atoms with E-state index < -0.39 is 11.9 Å². The van der Waals surface area contributed by atoms with E-state index in [0.717, 1.165) is 17.8 Å². The van der Waals surface area contributed by atoms with Gasteiger partial charge in [-0.05, 0) is 37.6 Å². The Balaban J connectivity index is 2.15. The van der Waals surface area contributed by atoms with Crippen LogP contribution in [0.1, 0.15) is 31.1 Å². The van der Waals surface area contributed by atoms with Crippen LogP contribution in [0.2, 0.25) is 0 Å². The van der Waals surface area contributed by atoms with Crippen molar-refractivity contribution in [3.8, 4) is 5.75 Å². The molecule has 0 saturated carbocycles. The zero-order chi connectivity index (χ0) is 16.2. The number of anilines is 1. The Bertz CT molecular complexity index is 631. The van der Waals surface area contributed by atoms with Crippen LogP contribution in [-0.4, -0.2) is 16.6 Å². The minimum absolute atomic E-state index is 0.0656. The third kappa shape index (κ3) is 4.09. The van der Waals surface area contributed by atoms with Gasteiger partial charge in [-0.1, -0.05) is 12.1 Å². The van der Waals surface area contributed by atoms with Crippen molar-refractivity contribution in [3.63, 3.8) is 0 Å². The molecule has 1 aromatic carbocycles. The maximum Gasteiger partial charge on any atom is 0.433 e. The number of ether oxygens (including phenoxy) is 1. The number of nitrogens with one attached hydrogen (secondary N) is 1. The van der Waals surface area contributed by atoms with Crippen LogP contribution in [0.5, 0.6) is 5.75 Å². The number of hydrogen-bond acceptors (Lipinski definition) is 4. The van der Waals surface area contributed by atoms with E-state index in [4.69, 9.17) is 4.74 Å². The van der Waals surface area contributed by atoms with Crippen LogP contribution in [-0.2, 0) is 6.18 Å². The first kappa shape index (κ1) is 16.1. The van der Waals surface area contributed by atoms with E-state index >= 15 is 0 Å². The van der Waals surface area contributed by atoms with Crippen molar-refractivity contribution in [1.29, 1.82) is 0 Å². The van der Waals surface area contributed by atoms with Crippen molar-refractivity contribution in [1.82, 2.24) is 9.97 Å². The Kier molecular flexibility index (Phi) is 4.85. The minimum atomic E-state index is -4.49. The van der Waals surface area contributed by atoms with Crippen molar-refractivity contribution >= 4 is 5.95 Å². The van der Waals surface area contributed by atoms with Gasteiger partial charge in [0.2, 0.25) is 5.95 Å². The number of halogens is 3. The van der Waals surface area contributed by atoms with E-state index in [0.29, 0.717) is 12.4 Å². The van der Waals surface area contributed by atoms with Gasteiger partial charge in [0.25, 0.3) is 0 Å². The summed E-state index contributed by atoms with van der Waals surface area (Å²) >= 11 is 0. The molecule has 0 fully saturated rings. The summed E-state index contributed by atoms with van der Waals surface area (Å²) in [6, 6.07) is 7.91. The average molecular weight is 311 g/mol. The van der Waals surface area contributed by atoms with Gasteiger partial charge in [0, 0.05) is 6.20 Å². The number of aromatic nitrogens is 2. The normalized spacial score (nSPS) is 12.8. The Labute approximate surface area is 126 Å². The average Bonchev–Trinajstić information content (AvgIpc) is 2.47. The summed E-state index contributed by atoms with van der Waals surface area (Å²) in [6.07, 6.45) is -3.40. The van der Waals surface area contributed by atoms with E-state index in [-0.39, 0.29) is 12.0 Å². The van der Waals surface area contributed by atoms with Crippen LogP contribution in [0.4, 0.5) is 19.1 Å². The fourth-order valence-electron chi connectivity index (χ4n) is 1.90. The first-order valence-electron chi connectivity index (χ1n) is 6.79. The predicted molar refractivity (Wildman–Crippen MR) is 76.7 cm³/mol. The minimum Gasteiger partial charge on any atom is -0.494 e. The molecule has 2 aromatic rings. The largest absolute Gasteiger partial charge is 0.494 e. The van der Waals surface area contributed by atoms with Gasteiger partial charge in [-0.3, -0.25) is 0 Å². The van der Waals surface area contributed by atoms with Gasteiger partial charge in [0.1, 0.15) is 11.4 Å². The van der Waals surface area contributed by atoms with E-state index in [1.54, 1.807) is 0 Å². The van der Waals surface area contributed by atoms with Gasteiger partial charge in [-0.2, -0.15) is 13.2 Å². The zero-order valence-electron chi connectivity index (χ0n) is 12.2. The first-order chi connectivity index (χ1) is 10.4. The molecule has 118 valence electrons. The van der Waals surface area contributed by atoms with E-state index in [1.807, 2.05) is 38.1 Å². The maximum atomic E-state index is 12.6. The van der Waals surface area contributed by atoms with Crippen molar-refractivity contribution in [2.24, 2.45) is 0 Å². The summed E-state index contributed by atoms with van der Waals surface area (Å²) in [7, 11) is 0. The molecule has 0 bridgehead atoms. The highest BCUT2D eigenvalue weighted by molar-refractivity contribution is 5.36. The Morgan fingerprint density at radius 3 is 2.73 bits per heavy atom. The standard InChI is InChI=1S/C15H16F3N3O/c1-3-22-12-6-4-5-11(9-12)10(2)20-14-19-8-7-13(21-14)15(16,17)18/h4-10H,3H2,1-2H3,(H,19,20,21). The number of benzene rings is 1. The highest BCUT2D eigenvalue weighted by Crippen LogP contribution is 2.28. The molecule has 0 aliphatic carbocycles. The lowest BCUT2D eigenvalue weighted by molar-refractivity contribution is -0.141. The van der Waals surface area contributed by atoms with E-state index in [9.17, 15) is 13.2 Å². The summed E-state index contributed by atoms with van der Waals surface area (Å²) in [5.74, 6) is 0.641. The maximum absolute atomic E-state index is 12.6. The lowest BCUT2D eigenvalue weighted by atomic mass is 10.1. The van der Waals surface area contributed by atoms with Gasteiger partial charge in [0.05, 0.1) is 12.6 Å². The molecule has 1 unspecified atom stereocenters. The monoisotopic (exact) mass is 311 g/mol. The fourth-order valence-corrected chi connectivity index (χ4v) is 1.90. The fraction of sp³-hybridized carbons (Fsp3) is 0.333. The Morgan fingerprint density at radius 1 is 1.27 bits per heavy atom. The Morgan fingerprint density at radius 2 is 2.05 bits per heavy atom. The molecule has 0 aliphatic heterocycles. The van der Waals surface area contributed by atoms with Crippen molar-refractivity contribution in [2.45, 2.75) is 26.1 Å². The summed E-state index contributed by atoms with van der Waals surface area (Å²) < 4.78 is 43.3. The van der Waals surface area contributed by atoms with Crippen molar-refractivity contribution in [2.75, 3.05) is 11.9 Å². The predicted octanol–water partition coefficient (Wildman–Crippen LogP) is 4.07. The summed E-state index contributed by atoms with van der Waals surface area (Å²) in [6.45, 7) is 4.24. The Hall–Kier alpha value is -2.31. The molecular formula is C15H16F3N3O. The summed E-state index contributed by atoms with van der Waals surface area (Å²) in [5.41, 5.74) is -0.104. The second-order valence-electron chi connectivity index (χ2n) is 4.63. The third-order valence-electron chi connectivity index (χ3n) is 2.96. The molecule has 2 rings (SSSR count). The molecule has 0 amide bonds. The zero-order valence-corrected chi connectivity index (χ0v) is 12.2. The van der Waals surface area contributed by atoms with Crippen LogP contribution in [0.3, 0.4) is 0 Å². The molecule has 1 atom stereocenters. The summed E-state index contributed by atoms with van der Waals surface area (Å²) in [5, 5.41) is 2.86. The molecule has 4 nitrogen and oxygen atoms in total. The molecule has 0 spiro atoms. The second kappa shape index (κ2) is 6.64. The SMILES string of the molecule is CCOc1cccc(C(C)Nc2nccc(C(F)(F)F)n2)c1. The van der Waals surface area contributed by atoms with Crippen LogP contribution in [0.15, 0.2) is 36.5 Å². The number of alkyl halides is 3. The third-order valence-corrected chi connectivity index (χ3v) is 2.96. The quantitative estimate of drug-likeness (QED) is 0.904. The molecule has 0 radical (unpaired) electrons. The highest BCUT2D eigenvalue weighted by Gasteiger charge is 2.32. The van der Waals surface area contributed by atoms with Crippen LogP contribution in [0.25, 0.3) is 0 Å². The van der Waals surface area contributed by atoms with Crippen molar-refractivity contribution in [3.05, 3.63) is 47.8 Å². The number of nitrogens with zero attached hydrogens (tertiary/aromatic N) is 2. The lowest BCUT2D eigenvalue weighted by Crippen LogP contribution is -2.13. The van der Waals surface area contributed by atoms with Gasteiger partial charge in [0.15, 0.2) is 0 Å².